The highest BCUT2D eigenvalue weighted by molar-refractivity contribution is 6.52. The molecule has 1 aromatic rings. The molecule has 0 aliphatic carbocycles. The fraction of sp³-hybridized carbons (Fsp3) is 0.467. The van der Waals surface area contributed by atoms with Gasteiger partial charge in [-0.15, -0.1) is 0 Å². The third-order valence-electron chi connectivity index (χ3n) is 3.23. The minimum absolute atomic E-state index is 0.379. The summed E-state index contributed by atoms with van der Waals surface area (Å²) in [5.41, 5.74) is 1.00. The molecule has 0 saturated carbocycles. The van der Waals surface area contributed by atoms with Gasteiger partial charge in [0, 0.05) is 18.2 Å². The van der Waals surface area contributed by atoms with Gasteiger partial charge in [-0.05, 0) is 30.5 Å². The first-order valence-electron chi connectivity index (χ1n) is 6.74. The molecule has 1 heterocycles. The molecule has 0 unspecified atom stereocenters. The molecule has 1 aromatic carbocycles. The van der Waals surface area contributed by atoms with Crippen molar-refractivity contribution in [2.75, 3.05) is 24.7 Å². The quantitative estimate of drug-likeness (QED) is 0.599. The van der Waals surface area contributed by atoms with Crippen molar-refractivity contribution in [2.45, 2.75) is 20.3 Å². The number of ketones is 1. The van der Waals surface area contributed by atoms with E-state index in [1.165, 1.54) is 11.0 Å². The monoisotopic (exact) mass is 295 g/mol. The maximum absolute atomic E-state index is 11.9. The van der Waals surface area contributed by atoms with E-state index in [1.54, 1.807) is 12.1 Å². The Morgan fingerprint density at radius 2 is 2.00 bits per heavy atom. The minimum atomic E-state index is -0.505. The zero-order valence-corrected chi connectivity index (χ0v) is 12.4. The van der Waals surface area contributed by atoms with Crippen LogP contribution in [0.1, 0.15) is 30.6 Å². The normalized spacial score (nSPS) is 14.3. The highest BCUT2D eigenvalue weighted by atomic mass is 35.5. The number of Topliss-reactive ketones (excluding diaryl/α,β-unsaturated/α-hetero) is 1. The van der Waals surface area contributed by atoms with E-state index in [-0.39, 0.29) is 0 Å². The van der Waals surface area contributed by atoms with Crippen molar-refractivity contribution in [3.8, 4) is 0 Å². The Labute approximate surface area is 123 Å². The molecule has 20 heavy (non-hydrogen) atoms. The van der Waals surface area contributed by atoms with Gasteiger partial charge in [0.25, 0.3) is 11.7 Å². The van der Waals surface area contributed by atoms with Gasteiger partial charge in [0.1, 0.15) is 0 Å². The Hall–Kier alpha value is -1.39. The number of carbonyl (C=O) groups is 2. The van der Waals surface area contributed by atoms with E-state index in [0.717, 1.165) is 6.42 Å². The minimum Gasteiger partial charge on any atom is -0.380 e. The molecule has 0 bridgehead atoms. The van der Waals surface area contributed by atoms with Crippen molar-refractivity contribution in [1.82, 2.24) is 0 Å². The second-order valence-electron chi connectivity index (χ2n) is 5.24. The number of amides is 1. The molecule has 0 atom stereocenters. The zero-order chi connectivity index (χ0) is 14.7. The Kier molecular flexibility index (Phi) is 4.78. The Balaban J connectivity index is 1.96. The summed E-state index contributed by atoms with van der Waals surface area (Å²) >= 11 is 5.85. The van der Waals surface area contributed by atoms with Crippen LogP contribution in [-0.4, -0.2) is 31.4 Å². The fourth-order valence-corrected chi connectivity index (χ4v) is 2.24. The Bertz CT molecular complexity index is 528. The van der Waals surface area contributed by atoms with E-state index in [9.17, 15) is 9.59 Å². The van der Waals surface area contributed by atoms with Gasteiger partial charge in [0.05, 0.1) is 17.9 Å². The smallest absolute Gasteiger partial charge is 0.299 e. The molecule has 0 N–H and O–H groups in total. The number of hydrogen-bond donors (Lipinski definition) is 0. The number of halogens is 1. The average Bonchev–Trinajstić information content (AvgIpc) is 2.63. The zero-order valence-electron chi connectivity index (χ0n) is 11.7. The lowest BCUT2D eigenvalue weighted by Crippen LogP contribution is -2.32. The molecule has 108 valence electrons. The van der Waals surface area contributed by atoms with Crippen molar-refractivity contribution >= 4 is 29.0 Å². The van der Waals surface area contributed by atoms with Crippen LogP contribution in [0.5, 0.6) is 0 Å². The van der Waals surface area contributed by atoms with Gasteiger partial charge in [-0.2, -0.15) is 0 Å². The van der Waals surface area contributed by atoms with Crippen LogP contribution in [0.25, 0.3) is 0 Å². The predicted molar refractivity (Wildman–Crippen MR) is 78.4 cm³/mol. The topological polar surface area (TPSA) is 46.6 Å². The summed E-state index contributed by atoms with van der Waals surface area (Å²) < 4.78 is 5.50. The van der Waals surface area contributed by atoms with E-state index >= 15 is 0 Å². The predicted octanol–water partition coefficient (Wildman–Crippen LogP) is 2.93. The lowest BCUT2D eigenvalue weighted by molar-refractivity contribution is -0.114. The molecule has 0 fully saturated rings. The number of fused-ring (bicyclic) bond motifs is 1. The third-order valence-corrected chi connectivity index (χ3v) is 3.47. The van der Waals surface area contributed by atoms with E-state index in [1.807, 2.05) is 0 Å². The van der Waals surface area contributed by atoms with Gasteiger partial charge < -0.3 is 9.64 Å². The summed E-state index contributed by atoms with van der Waals surface area (Å²) in [6.45, 7) is 5.74. The van der Waals surface area contributed by atoms with Gasteiger partial charge in [0.15, 0.2) is 0 Å². The van der Waals surface area contributed by atoms with E-state index < -0.39 is 11.7 Å². The van der Waals surface area contributed by atoms with Crippen LogP contribution in [0.2, 0.25) is 5.02 Å². The van der Waals surface area contributed by atoms with E-state index in [4.69, 9.17) is 16.3 Å². The molecule has 5 heteroatoms. The summed E-state index contributed by atoms with van der Waals surface area (Å²) in [7, 11) is 0. The van der Waals surface area contributed by atoms with Crippen LogP contribution in [0, 0.1) is 5.92 Å². The van der Waals surface area contributed by atoms with Crippen LogP contribution >= 0.6 is 11.6 Å². The number of nitrogens with zero attached hydrogens (tertiary/aromatic N) is 1. The second-order valence-corrected chi connectivity index (χ2v) is 5.68. The molecule has 0 spiro atoms. The number of benzene rings is 1. The van der Waals surface area contributed by atoms with Gasteiger partial charge in [-0.1, -0.05) is 25.4 Å². The molecule has 1 aliphatic heterocycles. The summed E-state index contributed by atoms with van der Waals surface area (Å²) in [5.74, 6) is -0.410. The molecule has 1 amide bonds. The largest absolute Gasteiger partial charge is 0.380 e. The summed E-state index contributed by atoms with van der Waals surface area (Å²) in [4.78, 5) is 25.2. The number of carbonyl (C=O) groups excluding carboxylic acids is 2. The van der Waals surface area contributed by atoms with Crippen molar-refractivity contribution in [3.05, 3.63) is 28.8 Å². The fourth-order valence-electron chi connectivity index (χ4n) is 2.07. The summed E-state index contributed by atoms with van der Waals surface area (Å²) in [6.07, 6.45) is 0.985. The lowest BCUT2D eigenvalue weighted by atomic mass is 10.1. The molecular formula is C15H18ClNO3. The van der Waals surface area contributed by atoms with Crippen LogP contribution in [0.4, 0.5) is 5.69 Å². The van der Waals surface area contributed by atoms with E-state index in [0.29, 0.717) is 41.9 Å². The van der Waals surface area contributed by atoms with Crippen molar-refractivity contribution in [3.63, 3.8) is 0 Å². The van der Waals surface area contributed by atoms with Gasteiger partial charge in [-0.3, -0.25) is 9.59 Å². The molecular weight excluding hydrogens is 278 g/mol. The van der Waals surface area contributed by atoms with Crippen LogP contribution < -0.4 is 4.90 Å². The second kappa shape index (κ2) is 6.37. The highest BCUT2D eigenvalue weighted by Crippen LogP contribution is 2.30. The maximum atomic E-state index is 11.9. The standard InChI is InChI=1S/C15H18ClNO3/c1-10(2)5-7-20-8-6-17-13-4-3-11(16)9-12(13)14(18)15(17)19/h3-4,9-10H,5-8H2,1-2H3. The molecule has 2 rings (SSSR count). The summed E-state index contributed by atoms with van der Waals surface area (Å²) in [5, 5.41) is 0.458. The van der Waals surface area contributed by atoms with Crippen molar-refractivity contribution in [2.24, 2.45) is 5.92 Å². The first kappa shape index (κ1) is 15.0. The average molecular weight is 296 g/mol. The summed E-state index contributed by atoms with van der Waals surface area (Å²) in [6, 6.07) is 4.92. The molecule has 0 radical (unpaired) electrons. The van der Waals surface area contributed by atoms with Crippen molar-refractivity contribution in [1.29, 1.82) is 0 Å². The SMILES string of the molecule is CC(C)CCOCCN1C(=O)C(=O)c2cc(Cl)ccc21. The number of ether oxygens (including phenoxy) is 1. The molecule has 0 aromatic heterocycles. The van der Waals surface area contributed by atoms with Gasteiger partial charge in [0.2, 0.25) is 0 Å². The number of anilines is 1. The van der Waals surface area contributed by atoms with Gasteiger partial charge in [-0.25, -0.2) is 0 Å². The van der Waals surface area contributed by atoms with Crippen LogP contribution in [0.15, 0.2) is 18.2 Å². The first-order chi connectivity index (χ1) is 9.50. The van der Waals surface area contributed by atoms with Crippen LogP contribution in [-0.2, 0) is 9.53 Å². The number of hydrogen-bond acceptors (Lipinski definition) is 3. The van der Waals surface area contributed by atoms with Gasteiger partial charge >= 0.3 is 0 Å². The van der Waals surface area contributed by atoms with E-state index in [2.05, 4.69) is 13.8 Å². The third kappa shape index (κ3) is 3.19. The number of rotatable bonds is 6. The lowest BCUT2D eigenvalue weighted by Gasteiger charge is -2.16. The Morgan fingerprint density at radius 1 is 1.25 bits per heavy atom. The Morgan fingerprint density at radius 3 is 2.70 bits per heavy atom. The first-order valence-corrected chi connectivity index (χ1v) is 7.12. The highest BCUT2D eigenvalue weighted by Gasteiger charge is 2.35. The molecule has 0 saturated heterocycles. The van der Waals surface area contributed by atoms with Crippen molar-refractivity contribution < 1.29 is 14.3 Å². The molecule has 4 nitrogen and oxygen atoms in total. The molecule has 1 aliphatic rings. The maximum Gasteiger partial charge on any atom is 0.299 e. The van der Waals surface area contributed by atoms with Crippen LogP contribution in [0.3, 0.4) is 0 Å².